The molecule has 15 heavy (non-hydrogen) atoms. The number of carboxylic acid groups (broad SMARTS) is 1. The maximum atomic E-state index is 11.0. The van der Waals surface area contributed by atoms with Gasteiger partial charge in [0.15, 0.2) is 0 Å². The molecule has 1 aromatic carbocycles. The number of benzene rings is 1. The van der Waals surface area contributed by atoms with Gasteiger partial charge in [0.05, 0.1) is 5.56 Å². The molecule has 0 aliphatic carbocycles. The third-order valence-corrected chi connectivity index (χ3v) is 2.85. The van der Waals surface area contributed by atoms with Gasteiger partial charge >= 0.3 is 5.97 Å². The Balaban J connectivity index is 2.39. The van der Waals surface area contributed by atoms with Gasteiger partial charge in [-0.3, -0.25) is 0 Å². The van der Waals surface area contributed by atoms with Crippen LogP contribution < -0.4 is 4.90 Å². The summed E-state index contributed by atoms with van der Waals surface area (Å²) < 4.78 is 0. The summed E-state index contributed by atoms with van der Waals surface area (Å²) >= 11 is 0. The van der Waals surface area contributed by atoms with E-state index in [2.05, 4.69) is 11.8 Å². The maximum Gasteiger partial charge on any atom is 0.336 e. The average Bonchev–Trinajstić information content (AvgIpc) is 2.62. The van der Waals surface area contributed by atoms with Crippen LogP contribution in [0.4, 0.5) is 5.69 Å². The molecule has 0 fully saturated rings. The zero-order chi connectivity index (χ0) is 10.8. The number of rotatable bonds is 3. The largest absolute Gasteiger partial charge is 0.478 e. The minimum atomic E-state index is -0.815. The lowest BCUT2D eigenvalue weighted by Crippen LogP contribution is -2.20. The number of aromatic carboxylic acids is 1. The van der Waals surface area contributed by atoms with E-state index in [1.807, 2.05) is 12.1 Å². The molecule has 2 rings (SSSR count). The van der Waals surface area contributed by atoms with Crippen molar-refractivity contribution in [1.29, 1.82) is 0 Å². The molecule has 80 valence electrons. The van der Waals surface area contributed by atoms with Crippen molar-refractivity contribution in [2.45, 2.75) is 19.8 Å². The highest BCUT2D eigenvalue weighted by atomic mass is 16.4. The second-order valence-electron chi connectivity index (χ2n) is 3.85. The average molecular weight is 205 g/mol. The van der Waals surface area contributed by atoms with Crippen molar-refractivity contribution in [2.75, 3.05) is 18.0 Å². The molecule has 1 aliphatic heterocycles. The molecule has 1 heterocycles. The van der Waals surface area contributed by atoms with Crippen molar-refractivity contribution in [2.24, 2.45) is 0 Å². The first kappa shape index (κ1) is 10.0. The normalized spacial score (nSPS) is 14.1. The lowest BCUT2D eigenvalue weighted by atomic mass is 10.1. The van der Waals surface area contributed by atoms with E-state index in [-0.39, 0.29) is 0 Å². The van der Waals surface area contributed by atoms with Crippen LogP contribution in [0.15, 0.2) is 18.2 Å². The monoisotopic (exact) mass is 205 g/mol. The molecule has 0 atom stereocenters. The fourth-order valence-electron chi connectivity index (χ4n) is 2.20. The molecule has 0 saturated carbocycles. The number of anilines is 1. The zero-order valence-electron chi connectivity index (χ0n) is 8.86. The lowest BCUT2D eigenvalue weighted by molar-refractivity contribution is 0.0696. The number of hydrogen-bond donors (Lipinski definition) is 1. The lowest BCUT2D eigenvalue weighted by Gasteiger charge is -2.18. The smallest absolute Gasteiger partial charge is 0.336 e. The van der Waals surface area contributed by atoms with Crippen LogP contribution in [-0.4, -0.2) is 24.2 Å². The van der Waals surface area contributed by atoms with E-state index in [0.717, 1.165) is 37.2 Å². The summed E-state index contributed by atoms with van der Waals surface area (Å²) in [6.45, 7) is 4.10. The van der Waals surface area contributed by atoms with Crippen LogP contribution in [-0.2, 0) is 6.42 Å². The van der Waals surface area contributed by atoms with Crippen LogP contribution in [0.3, 0.4) is 0 Å². The third kappa shape index (κ3) is 1.69. The van der Waals surface area contributed by atoms with Crippen LogP contribution in [0.1, 0.15) is 29.3 Å². The van der Waals surface area contributed by atoms with Gasteiger partial charge < -0.3 is 10.0 Å². The molecule has 0 bridgehead atoms. The molecule has 0 amide bonds. The molecule has 3 nitrogen and oxygen atoms in total. The van der Waals surface area contributed by atoms with Gasteiger partial charge in [-0.05, 0) is 30.5 Å². The minimum absolute atomic E-state index is 0.464. The van der Waals surface area contributed by atoms with E-state index in [1.165, 1.54) is 0 Å². The van der Waals surface area contributed by atoms with E-state index in [4.69, 9.17) is 5.11 Å². The van der Waals surface area contributed by atoms with Crippen LogP contribution >= 0.6 is 0 Å². The van der Waals surface area contributed by atoms with Crippen LogP contribution in [0.5, 0.6) is 0 Å². The Morgan fingerprint density at radius 3 is 3.00 bits per heavy atom. The maximum absolute atomic E-state index is 11.0. The van der Waals surface area contributed by atoms with Crippen LogP contribution in [0.25, 0.3) is 0 Å². The van der Waals surface area contributed by atoms with Crippen LogP contribution in [0.2, 0.25) is 0 Å². The number of nitrogens with zero attached hydrogens (tertiary/aromatic N) is 1. The summed E-state index contributed by atoms with van der Waals surface area (Å²) in [5.74, 6) is -0.815. The van der Waals surface area contributed by atoms with Crippen LogP contribution in [0, 0.1) is 0 Å². The SMILES string of the molecule is CCCN1CCc2c(C(=O)O)cccc21. The number of carbonyl (C=O) groups is 1. The van der Waals surface area contributed by atoms with Crippen molar-refractivity contribution in [3.05, 3.63) is 29.3 Å². The highest BCUT2D eigenvalue weighted by molar-refractivity contribution is 5.92. The van der Waals surface area contributed by atoms with Gasteiger partial charge in [0.2, 0.25) is 0 Å². The van der Waals surface area contributed by atoms with Crippen molar-refractivity contribution in [1.82, 2.24) is 0 Å². The van der Waals surface area contributed by atoms with Gasteiger partial charge in [0.1, 0.15) is 0 Å². The molecule has 0 aromatic heterocycles. The molecule has 1 aromatic rings. The third-order valence-electron chi connectivity index (χ3n) is 2.85. The van der Waals surface area contributed by atoms with E-state index < -0.39 is 5.97 Å². The molecule has 0 unspecified atom stereocenters. The predicted octanol–water partition coefficient (Wildman–Crippen LogP) is 2.16. The molecular formula is C12H15NO2. The Kier molecular flexibility index (Phi) is 2.62. The highest BCUT2D eigenvalue weighted by Gasteiger charge is 2.22. The Morgan fingerprint density at radius 1 is 1.53 bits per heavy atom. The predicted molar refractivity (Wildman–Crippen MR) is 59.6 cm³/mol. The standard InChI is InChI=1S/C12H15NO2/c1-2-7-13-8-6-9-10(12(14)15)4-3-5-11(9)13/h3-5H,2,6-8H2,1H3,(H,14,15). The molecule has 0 spiro atoms. The van der Waals surface area contributed by atoms with Gasteiger partial charge in [-0.2, -0.15) is 0 Å². The number of fused-ring (bicyclic) bond motifs is 1. The van der Waals surface area contributed by atoms with Gasteiger partial charge in [-0.15, -0.1) is 0 Å². The van der Waals surface area contributed by atoms with Crippen molar-refractivity contribution in [3.63, 3.8) is 0 Å². The van der Waals surface area contributed by atoms with Gasteiger partial charge in [0, 0.05) is 18.8 Å². The molecule has 0 saturated heterocycles. The summed E-state index contributed by atoms with van der Waals surface area (Å²) in [7, 11) is 0. The molecule has 1 N–H and O–H groups in total. The quantitative estimate of drug-likeness (QED) is 0.822. The first-order chi connectivity index (χ1) is 7.24. The molecule has 1 aliphatic rings. The van der Waals surface area contributed by atoms with E-state index in [0.29, 0.717) is 5.56 Å². The second kappa shape index (κ2) is 3.93. The van der Waals surface area contributed by atoms with E-state index in [9.17, 15) is 4.79 Å². The molecular weight excluding hydrogens is 190 g/mol. The zero-order valence-corrected chi connectivity index (χ0v) is 8.86. The van der Waals surface area contributed by atoms with Crippen molar-refractivity contribution in [3.8, 4) is 0 Å². The van der Waals surface area contributed by atoms with E-state index in [1.54, 1.807) is 6.07 Å². The molecule has 0 radical (unpaired) electrons. The highest BCUT2D eigenvalue weighted by Crippen LogP contribution is 2.30. The first-order valence-corrected chi connectivity index (χ1v) is 5.34. The summed E-state index contributed by atoms with van der Waals surface area (Å²) in [5, 5.41) is 9.05. The van der Waals surface area contributed by atoms with E-state index >= 15 is 0 Å². The fourth-order valence-corrected chi connectivity index (χ4v) is 2.20. The summed E-state index contributed by atoms with van der Waals surface area (Å²) in [4.78, 5) is 13.3. The molecule has 3 heteroatoms. The summed E-state index contributed by atoms with van der Waals surface area (Å²) in [5.41, 5.74) is 2.57. The van der Waals surface area contributed by atoms with Gasteiger partial charge in [-0.25, -0.2) is 4.79 Å². The number of carboxylic acids is 1. The minimum Gasteiger partial charge on any atom is -0.478 e. The number of hydrogen-bond acceptors (Lipinski definition) is 2. The topological polar surface area (TPSA) is 40.5 Å². The van der Waals surface area contributed by atoms with Crippen molar-refractivity contribution < 1.29 is 9.90 Å². The summed E-state index contributed by atoms with van der Waals surface area (Å²) in [6.07, 6.45) is 1.95. The fraction of sp³-hybridized carbons (Fsp3) is 0.417. The summed E-state index contributed by atoms with van der Waals surface area (Å²) in [6, 6.07) is 5.54. The van der Waals surface area contributed by atoms with Gasteiger partial charge in [-0.1, -0.05) is 13.0 Å². The Bertz CT molecular complexity index is 387. The second-order valence-corrected chi connectivity index (χ2v) is 3.85. The Labute approximate surface area is 89.3 Å². The Morgan fingerprint density at radius 2 is 2.33 bits per heavy atom. The van der Waals surface area contributed by atoms with Gasteiger partial charge in [0.25, 0.3) is 0 Å². The first-order valence-electron chi connectivity index (χ1n) is 5.34. The Hall–Kier alpha value is -1.51. The van der Waals surface area contributed by atoms with Crippen molar-refractivity contribution >= 4 is 11.7 Å².